The number of carbonyl (C=O) groups excluding carboxylic acids is 1. The Morgan fingerprint density at radius 2 is 1.78 bits per heavy atom. The van der Waals surface area contributed by atoms with E-state index in [9.17, 15) is 4.79 Å². The van der Waals surface area contributed by atoms with Gasteiger partial charge in [0.2, 0.25) is 5.91 Å². The van der Waals surface area contributed by atoms with Gasteiger partial charge in [0.1, 0.15) is 12.1 Å². The van der Waals surface area contributed by atoms with E-state index in [1.807, 2.05) is 25.1 Å². The molecule has 1 aromatic carbocycles. The molecule has 3 heterocycles. The van der Waals surface area contributed by atoms with Gasteiger partial charge < -0.3 is 4.90 Å². The van der Waals surface area contributed by atoms with Gasteiger partial charge >= 0.3 is 0 Å². The molecular formula is C20H26N6O. The zero-order chi connectivity index (χ0) is 18.8. The van der Waals surface area contributed by atoms with Crippen molar-refractivity contribution in [2.45, 2.75) is 32.4 Å². The first kappa shape index (κ1) is 17.9. The van der Waals surface area contributed by atoms with Gasteiger partial charge in [-0.3, -0.25) is 15.1 Å². The number of anilines is 1. The Balaban J connectivity index is 1.48. The molecule has 0 aliphatic carbocycles. The minimum atomic E-state index is 0.0527. The Hall–Kier alpha value is -2.51. The number of hydrogen-bond acceptors (Lipinski definition) is 6. The zero-order valence-electron chi connectivity index (χ0n) is 15.9. The molecule has 1 amide bonds. The molecule has 142 valence electrons. The number of rotatable bonds is 3. The van der Waals surface area contributed by atoms with Crippen LogP contribution in [0.2, 0.25) is 0 Å². The highest BCUT2D eigenvalue weighted by molar-refractivity contribution is 5.77. The van der Waals surface area contributed by atoms with Crippen LogP contribution in [0.3, 0.4) is 0 Å². The standard InChI is InChI=1S/C20H26N6O/c1-14-15(2)21-13-22-20(14)26-10-8-25(9-11-26)17-12-18(27)23-24-19(17)16-6-4-3-5-7-16/h3-7,13,17,19,24H,8-12H2,1-2H3,(H,23,27). The van der Waals surface area contributed by atoms with Crippen molar-refractivity contribution in [3.8, 4) is 0 Å². The summed E-state index contributed by atoms with van der Waals surface area (Å²) in [6.07, 6.45) is 2.16. The van der Waals surface area contributed by atoms with Crippen molar-refractivity contribution in [2.24, 2.45) is 0 Å². The molecule has 7 nitrogen and oxygen atoms in total. The maximum Gasteiger partial charge on any atom is 0.235 e. The molecule has 0 spiro atoms. The van der Waals surface area contributed by atoms with Gasteiger partial charge in [0.15, 0.2) is 0 Å². The number of nitrogens with one attached hydrogen (secondary N) is 2. The predicted octanol–water partition coefficient (Wildman–Crippen LogP) is 1.35. The van der Waals surface area contributed by atoms with Gasteiger partial charge in [-0.2, -0.15) is 0 Å². The Bertz CT molecular complexity index is 803. The van der Waals surface area contributed by atoms with Crippen molar-refractivity contribution in [1.29, 1.82) is 0 Å². The molecule has 27 heavy (non-hydrogen) atoms. The fourth-order valence-electron chi connectivity index (χ4n) is 4.03. The van der Waals surface area contributed by atoms with E-state index in [0.717, 1.165) is 43.3 Å². The summed E-state index contributed by atoms with van der Waals surface area (Å²) in [7, 11) is 0. The lowest BCUT2D eigenvalue weighted by molar-refractivity contribution is -0.126. The van der Waals surface area contributed by atoms with Crippen molar-refractivity contribution in [3.63, 3.8) is 0 Å². The number of hydrazine groups is 1. The molecule has 2 aromatic rings. The van der Waals surface area contributed by atoms with Crippen molar-refractivity contribution in [1.82, 2.24) is 25.7 Å². The van der Waals surface area contributed by atoms with Crippen LogP contribution in [0.4, 0.5) is 5.82 Å². The molecule has 2 atom stereocenters. The number of hydrogen-bond donors (Lipinski definition) is 2. The molecule has 4 rings (SSSR count). The van der Waals surface area contributed by atoms with Crippen LogP contribution in [-0.2, 0) is 4.79 Å². The fraction of sp³-hybridized carbons (Fsp3) is 0.450. The number of amides is 1. The van der Waals surface area contributed by atoms with E-state index in [1.54, 1.807) is 6.33 Å². The first-order valence-corrected chi connectivity index (χ1v) is 9.50. The van der Waals surface area contributed by atoms with E-state index >= 15 is 0 Å². The predicted molar refractivity (Wildman–Crippen MR) is 104 cm³/mol. The second kappa shape index (κ2) is 7.62. The minimum absolute atomic E-state index is 0.0527. The Labute approximate surface area is 159 Å². The summed E-state index contributed by atoms with van der Waals surface area (Å²) in [6.45, 7) is 7.72. The van der Waals surface area contributed by atoms with Gasteiger partial charge in [-0.1, -0.05) is 30.3 Å². The molecule has 0 saturated carbocycles. The quantitative estimate of drug-likeness (QED) is 0.854. The fourth-order valence-corrected chi connectivity index (χ4v) is 4.03. The van der Waals surface area contributed by atoms with Gasteiger partial charge in [0.25, 0.3) is 0 Å². The summed E-state index contributed by atoms with van der Waals surface area (Å²) in [6, 6.07) is 10.6. The lowest BCUT2D eigenvalue weighted by Crippen LogP contribution is -2.60. The molecule has 2 aliphatic heterocycles. The monoisotopic (exact) mass is 366 g/mol. The minimum Gasteiger partial charge on any atom is -0.354 e. The van der Waals surface area contributed by atoms with Crippen LogP contribution in [0, 0.1) is 13.8 Å². The summed E-state index contributed by atoms with van der Waals surface area (Å²) in [5.41, 5.74) is 9.40. The Kier molecular flexibility index (Phi) is 5.05. The SMILES string of the molecule is Cc1ncnc(N2CCN(C3CC(=O)NNC3c3ccccc3)CC2)c1C. The molecule has 1 aromatic heterocycles. The maximum atomic E-state index is 12.0. The second-order valence-electron chi connectivity index (χ2n) is 7.28. The topological polar surface area (TPSA) is 73.4 Å². The van der Waals surface area contributed by atoms with Crippen LogP contribution < -0.4 is 15.8 Å². The lowest BCUT2D eigenvalue weighted by Gasteiger charge is -2.44. The molecule has 7 heteroatoms. The van der Waals surface area contributed by atoms with Crippen molar-refractivity contribution >= 4 is 11.7 Å². The highest BCUT2D eigenvalue weighted by atomic mass is 16.2. The molecule has 2 fully saturated rings. The van der Waals surface area contributed by atoms with E-state index in [-0.39, 0.29) is 18.0 Å². The normalized spacial score (nSPS) is 23.9. The van der Waals surface area contributed by atoms with Gasteiger partial charge in [0, 0.05) is 49.9 Å². The van der Waals surface area contributed by atoms with Gasteiger partial charge in [0.05, 0.1) is 6.04 Å². The van der Waals surface area contributed by atoms with Gasteiger partial charge in [-0.25, -0.2) is 15.4 Å². The van der Waals surface area contributed by atoms with Gasteiger partial charge in [-0.15, -0.1) is 0 Å². The summed E-state index contributed by atoms with van der Waals surface area (Å²) in [5, 5.41) is 0. The second-order valence-corrected chi connectivity index (χ2v) is 7.28. The number of aryl methyl sites for hydroxylation is 1. The number of carbonyl (C=O) groups is 1. The number of benzene rings is 1. The molecular weight excluding hydrogens is 340 g/mol. The van der Waals surface area contributed by atoms with Crippen LogP contribution in [0.5, 0.6) is 0 Å². The number of aromatic nitrogens is 2. The van der Waals surface area contributed by atoms with Crippen molar-refractivity contribution in [2.75, 3.05) is 31.1 Å². The Morgan fingerprint density at radius 3 is 2.52 bits per heavy atom. The van der Waals surface area contributed by atoms with Gasteiger partial charge in [-0.05, 0) is 19.4 Å². The van der Waals surface area contributed by atoms with E-state index in [2.05, 4.69) is 49.7 Å². The first-order valence-electron chi connectivity index (χ1n) is 9.50. The average molecular weight is 366 g/mol. The van der Waals surface area contributed by atoms with E-state index in [0.29, 0.717) is 6.42 Å². The van der Waals surface area contributed by atoms with Crippen LogP contribution in [-0.4, -0.2) is 53.0 Å². The van der Waals surface area contributed by atoms with E-state index in [1.165, 1.54) is 5.56 Å². The van der Waals surface area contributed by atoms with E-state index < -0.39 is 0 Å². The molecule has 2 N–H and O–H groups in total. The lowest BCUT2D eigenvalue weighted by atomic mass is 9.93. The number of piperazine rings is 1. The average Bonchev–Trinajstić information content (AvgIpc) is 2.71. The summed E-state index contributed by atoms with van der Waals surface area (Å²) < 4.78 is 0. The number of nitrogens with zero attached hydrogens (tertiary/aromatic N) is 4. The Morgan fingerprint density at radius 1 is 1.04 bits per heavy atom. The summed E-state index contributed by atoms with van der Waals surface area (Å²) in [5.74, 6) is 1.08. The molecule has 0 radical (unpaired) electrons. The molecule has 2 unspecified atom stereocenters. The van der Waals surface area contributed by atoms with E-state index in [4.69, 9.17) is 0 Å². The van der Waals surface area contributed by atoms with Crippen LogP contribution in [0.15, 0.2) is 36.7 Å². The highest BCUT2D eigenvalue weighted by Crippen LogP contribution is 2.28. The largest absolute Gasteiger partial charge is 0.354 e. The van der Waals surface area contributed by atoms with Crippen LogP contribution in [0.25, 0.3) is 0 Å². The third kappa shape index (κ3) is 3.65. The smallest absolute Gasteiger partial charge is 0.235 e. The third-order valence-electron chi connectivity index (χ3n) is 5.70. The van der Waals surface area contributed by atoms with Crippen LogP contribution in [0.1, 0.15) is 29.3 Å². The van der Waals surface area contributed by atoms with Crippen LogP contribution >= 0.6 is 0 Å². The zero-order valence-corrected chi connectivity index (χ0v) is 15.9. The molecule has 0 bridgehead atoms. The molecule has 2 saturated heterocycles. The third-order valence-corrected chi connectivity index (χ3v) is 5.70. The summed E-state index contributed by atoms with van der Waals surface area (Å²) >= 11 is 0. The van der Waals surface area contributed by atoms with Crippen molar-refractivity contribution in [3.05, 3.63) is 53.5 Å². The van der Waals surface area contributed by atoms with Crippen molar-refractivity contribution < 1.29 is 4.79 Å². The highest BCUT2D eigenvalue weighted by Gasteiger charge is 2.36. The first-order chi connectivity index (χ1) is 13.1. The molecule has 2 aliphatic rings. The maximum absolute atomic E-state index is 12.0. The summed E-state index contributed by atoms with van der Waals surface area (Å²) in [4.78, 5) is 25.6.